The molecule has 0 atom stereocenters. The third-order valence-corrected chi connectivity index (χ3v) is 4.56. The van der Waals surface area contributed by atoms with Gasteiger partial charge in [-0.15, -0.1) is 0 Å². The van der Waals surface area contributed by atoms with E-state index < -0.39 is 0 Å². The van der Waals surface area contributed by atoms with Gasteiger partial charge in [0, 0.05) is 23.0 Å². The van der Waals surface area contributed by atoms with E-state index in [1.165, 1.54) is 25.7 Å². The Morgan fingerprint density at radius 2 is 2.00 bits per heavy atom. The minimum Gasteiger partial charge on any atom is -0.357 e. The number of carbonyl (C=O) groups excluding carboxylic acids is 1. The average Bonchev–Trinajstić information content (AvgIpc) is 2.95. The lowest BCUT2D eigenvalue weighted by Crippen LogP contribution is -2.22. The van der Waals surface area contributed by atoms with Gasteiger partial charge in [0.15, 0.2) is 0 Å². The van der Waals surface area contributed by atoms with Gasteiger partial charge in [-0.1, -0.05) is 38.0 Å². The van der Waals surface area contributed by atoms with Crippen LogP contribution >= 0.6 is 0 Å². The molecule has 2 N–H and O–H groups in total. The van der Waals surface area contributed by atoms with E-state index in [2.05, 4.69) is 17.2 Å². The van der Waals surface area contributed by atoms with Crippen molar-refractivity contribution in [3.05, 3.63) is 30.0 Å². The number of hydrogen-bond acceptors (Lipinski definition) is 1. The van der Waals surface area contributed by atoms with Gasteiger partial charge in [0.1, 0.15) is 0 Å². The highest BCUT2D eigenvalue weighted by atomic mass is 16.1. The molecule has 0 aliphatic heterocycles. The van der Waals surface area contributed by atoms with Crippen molar-refractivity contribution >= 4 is 22.5 Å². The third kappa shape index (κ3) is 2.45. The van der Waals surface area contributed by atoms with Crippen LogP contribution in [0.5, 0.6) is 0 Å². The van der Waals surface area contributed by atoms with Gasteiger partial charge in [-0.25, -0.2) is 0 Å². The molecule has 1 aliphatic carbocycles. The van der Waals surface area contributed by atoms with Crippen LogP contribution in [0.25, 0.3) is 10.9 Å². The van der Waals surface area contributed by atoms with E-state index in [0.29, 0.717) is 6.42 Å². The Balaban J connectivity index is 1.79. The topological polar surface area (TPSA) is 44.9 Å². The zero-order chi connectivity index (χ0) is 14.2. The number of aryl methyl sites for hydroxylation is 1. The van der Waals surface area contributed by atoms with Gasteiger partial charge in [0.25, 0.3) is 0 Å². The zero-order valence-electron chi connectivity index (χ0n) is 12.3. The summed E-state index contributed by atoms with van der Waals surface area (Å²) in [6, 6.07) is 8.09. The second-order valence-electron chi connectivity index (χ2n) is 6.41. The quantitative estimate of drug-likeness (QED) is 0.853. The second-order valence-corrected chi connectivity index (χ2v) is 6.41. The van der Waals surface area contributed by atoms with Crippen LogP contribution in [0.15, 0.2) is 24.3 Å². The molecule has 3 rings (SSSR count). The predicted octanol–water partition coefficient (Wildman–Crippen LogP) is 4.39. The number of H-pyrrole nitrogens is 1. The van der Waals surface area contributed by atoms with Crippen LogP contribution in [0, 0.1) is 12.3 Å². The number of hydrogen-bond donors (Lipinski definition) is 2. The van der Waals surface area contributed by atoms with Crippen molar-refractivity contribution < 1.29 is 4.79 Å². The molecule has 106 valence electrons. The van der Waals surface area contributed by atoms with Gasteiger partial charge in [-0.3, -0.25) is 4.79 Å². The molecule has 1 fully saturated rings. The van der Waals surface area contributed by atoms with Crippen molar-refractivity contribution in [2.45, 2.75) is 46.0 Å². The maximum Gasteiger partial charge on any atom is 0.224 e. The molecule has 3 heteroatoms. The fraction of sp³-hybridized carbons (Fsp3) is 0.471. The molecule has 1 saturated carbocycles. The molecule has 1 aromatic heterocycles. The standard InChI is InChI=1S/C17H22N2O/c1-12-16(13-7-3-4-8-14(13)18-12)19-15(20)11-17(2)9-5-6-10-17/h3-4,7-8,18H,5-6,9-11H2,1-2H3,(H,19,20). The summed E-state index contributed by atoms with van der Waals surface area (Å²) in [7, 11) is 0. The van der Waals surface area contributed by atoms with Crippen LogP contribution in [-0.2, 0) is 4.79 Å². The van der Waals surface area contributed by atoms with Crippen molar-refractivity contribution in [2.24, 2.45) is 5.41 Å². The first-order chi connectivity index (χ1) is 9.57. The second kappa shape index (κ2) is 4.97. The number of rotatable bonds is 3. The summed E-state index contributed by atoms with van der Waals surface area (Å²) in [4.78, 5) is 15.7. The minimum atomic E-state index is 0.141. The van der Waals surface area contributed by atoms with Gasteiger partial charge in [0.05, 0.1) is 5.69 Å². The highest BCUT2D eigenvalue weighted by Gasteiger charge is 2.31. The molecule has 1 aromatic carbocycles. The highest BCUT2D eigenvalue weighted by molar-refractivity contribution is 6.03. The van der Waals surface area contributed by atoms with Gasteiger partial charge in [0.2, 0.25) is 5.91 Å². The normalized spacial score (nSPS) is 17.5. The Morgan fingerprint density at radius 1 is 1.30 bits per heavy atom. The molecule has 3 nitrogen and oxygen atoms in total. The average molecular weight is 270 g/mol. The molecule has 0 unspecified atom stereocenters. The lowest BCUT2D eigenvalue weighted by atomic mass is 9.85. The van der Waals surface area contributed by atoms with Crippen LogP contribution in [0.4, 0.5) is 5.69 Å². The Hall–Kier alpha value is -1.77. The molecular formula is C17H22N2O. The lowest BCUT2D eigenvalue weighted by molar-refractivity contribution is -0.118. The van der Waals surface area contributed by atoms with E-state index in [9.17, 15) is 4.79 Å². The largest absolute Gasteiger partial charge is 0.357 e. The van der Waals surface area contributed by atoms with Crippen LogP contribution in [0.2, 0.25) is 0 Å². The summed E-state index contributed by atoms with van der Waals surface area (Å²) < 4.78 is 0. The van der Waals surface area contributed by atoms with Crippen molar-refractivity contribution in [1.82, 2.24) is 4.98 Å². The summed E-state index contributed by atoms with van der Waals surface area (Å²) in [5.41, 5.74) is 3.24. The molecule has 2 aromatic rings. The Morgan fingerprint density at radius 3 is 2.75 bits per heavy atom. The first kappa shape index (κ1) is 13.2. The zero-order valence-corrected chi connectivity index (χ0v) is 12.3. The van der Waals surface area contributed by atoms with E-state index >= 15 is 0 Å². The number of amides is 1. The number of nitrogens with one attached hydrogen (secondary N) is 2. The van der Waals surface area contributed by atoms with E-state index in [4.69, 9.17) is 0 Å². The van der Waals surface area contributed by atoms with Crippen molar-refractivity contribution in [2.75, 3.05) is 5.32 Å². The fourth-order valence-electron chi connectivity index (χ4n) is 3.41. The predicted molar refractivity (Wildman–Crippen MR) is 82.9 cm³/mol. The molecule has 0 bridgehead atoms. The van der Waals surface area contributed by atoms with Crippen LogP contribution < -0.4 is 5.32 Å². The van der Waals surface area contributed by atoms with Gasteiger partial charge in [-0.2, -0.15) is 0 Å². The van der Waals surface area contributed by atoms with Crippen LogP contribution in [0.1, 0.15) is 44.7 Å². The maximum atomic E-state index is 12.3. The number of carbonyl (C=O) groups is 1. The van der Waals surface area contributed by atoms with Gasteiger partial charge < -0.3 is 10.3 Å². The Bertz CT molecular complexity index is 635. The summed E-state index contributed by atoms with van der Waals surface area (Å²) in [5, 5.41) is 4.21. The van der Waals surface area contributed by atoms with Crippen molar-refractivity contribution in [3.8, 4) is 0 Å². The van der Waals surface area contributed by atoms with Crippen LogP contribution in [-0.4, -0.2) is 10.9 Å². The number of aromatic amines is 1. The molecule has 20 heavy (non-hydrogen) atoms. The summed E-state index contributed by atoms with van der Waals surface area (Å²) in [5.74, 6) is 0.141. The first-order valence-corrected chi connectivity index (χ1v) is 7.45. The lowest BCUT2D eigenvalue weighted by Gasteiger charge is -2.22. The fourth-order valence-corrected chi connectivity index (χ4v) is 3.41. The molecule has 0 radical (unpaired) electrons. The van der Waals surface area contributed by atoms with Gasteiger partial charge >= 0.3 is 0 Å². The smallest absolute Gasteiger partial charge is 0.224 e. The van der Waals surface area contributed by atoms with E-state index in [1.54, 1.807) is 0 Å². The molecule has 1 aliphatic rings. The van der Waals surface area contributed by atoms with Crippen molar-refractivity contribution in [1.29, 1.82) is 0 Å². The van der Waals surface area contributed by atoms with Gasteiger partial charge in [-0.05, 0) is 31.2 Å². The first-order valence-electron chi connectivity index (χ1n) is 7.45. The highest BCUT2D eigenvalue weighted by Crippen LogP contribution is 2.40. The van der Waals surface area contributed by atoms with E-state index in [1.807, 2.05) is 31.2 Å². The monoisotopic (exact) mass is 270 g/mol. The molecule has 0 saturated heterocycles. The summed E-state index contributed by atoms with van der Waals surface area (Å²) in [6.45, 7) is 4.24. The Kier molecular flexibility index (Phi) is 3.28. The number of aromatic nitrogens is 1. The molecule has 0 spiro atoms. The Labute approximate surface area is 119 Å². The minimum absolute atomic E-state index is 0.141. The van der Waals surface area contributed by atoms with Crippen molar-refractivity contribution in [3.63, 3.8) is 0 Å². The molecule has 1 amide bonds. The summed E-state index contributed by atoms with van der Waals surface area (Å²) >= 11 is 0. The number of para-hydroxylation sites is 1. The van der Waals surface area contributed by atoms with E-state index in [-0.39, 0.29) is 11.3 Å². The summed E-state index contributed by atoms with van der Waals surface area (Å²) in [6.07, 6.45) is 5.50. The molecule has 1 heterocycles. The number of benzene rings is 1. The maximum absolute atomic E-state index is 12.3. The molecular weight excluding hydrogens is 248 g/mol. The third-order valence-electron chi connectivity index (χ3n) is 4.56. The number of anilines is 1. The van der Waals surface area contributed by atoms with Crippen LogP contribution in [0.3, 0.4) is 0 Å². The van der Waals surface area contributed by atoms with E-state index in [0.717, 1.165) is 22.3 Å². The number of fused-ring (bicyclic) bond motifs is 1. The SMILES string of the molecule is Cc1[nH]c2ccccc2c1NC(=O)CC1(C)CCCC1.